The molecule has 0 aliphatic heterocycles. The van der Waals surface area contributed by atoms with Gasteiger partial charge in [0.15, 0.2) is 0 Å². The van der Waals surface area contributed by atoms with Crippen molar-refractivity contribution >= 4 is 5.69 Å². The molecule has 110 valence electrons. The van der Waals surface area contributed by atoms with Crippen molar-refractivity contribution < 1.29 is 9.84 Å². The molecule has 0 fully saturated rings. The number of phenols is 1. The van der Waals surface area contributed by atoms with Crippen LogP contribution in [0, 0.1) is 13.8 Å². The first-order chi connectivity index (χ1) is 10.1. The lowest BCUT2D eigenvalue weighted by molar-refractivity contribution is 0.359. The smallest absolute Gasteiger partial charge is 0.124 e. The first kappa shape index (κ1) is 15.0. The maximum Gasteiger partial charge on any atom is 0.124 e. The minimum atomic E-state index is 0.327. The van der Waals surface area contributed by atoms with Gasteiger partial charge in [-0.15, -0.1) is 0 Å². The summed E-state index contributed by atoms with van der Waals surface area (Å²) in [5.74, 6) is 1.19. The highest BCUT2D eigenvalue weighted by Gasteiger charge is 2.06. The summed E-state index contributed by atoms with van der Waals surface area (Å²) in [6.45, 7) is 8.69. The minimum absolute atomic E-state index is 0.327. The normalized spacial score (nSPS) is 10.2. The van der Waals surface area contributed by atoms with E-state index < -0.39 is 0 Å². The van der Waals surface area contributed by atoms with E-state index in [9.17, 15) is 5.11 Å². The number of hydrogen-bond donors (Lipinski definition) is 2. The highest BCUT2D eigenvalue weighted by molar-refractivity contribution is 5.57. The van der Waals surface area contributed by atoms with Crippen LogP contribution in [0.5, 0.6) is 11.5 Å². The van der Waals surface area contributed by atoms with E-state index in [1.165, 1.54) is 0 Å². The molecule has 0 amide bonds. The molecule has 0 unspecified atom stereocenters. The zero-order chi connectivity index (χ0) is 15.2. The maximum atomic E-state index is 9.69. The van der Waals surface area contributed by atoms with E-state index >= 15 is 0 Å². The molecule has 2 aromatic rings. The summed E-state index contributed by atoms with van der Waals surface area (Å²) in [4.78, 5) is 0. The molecule has 0 atom stereocenters. The molecule has 3 heteroatoms. The van der Waals surface area contributed by atoms with E-state index in [4.69, 9.17) is 4.74 Å². The summed E-state index contributed by atoms with van der Waals surface area (Å²) in [6.07, 6.45) is 1.73. The molecule has 0 aromatic heterocycles. The first-order valence-electron chi connectivity index (χ1n) is 6.97. The van der Waals surface area contributed by atoms with Gasteiger partial charge in [0.1, 0.15) is 18.1 Å². The molecule has 0 saturated carbocycles. The van der Waals surface area contributed by atoms with E-state index in [2.05, 4.69) is 11.9 Å². The van der Waals surface area contributed by atoms with Crippen LogP contribution >= 0.6 is 0 Å². The van der Waals surface area contributed by atoms with Gasteiger partial charge in [-0.1, -0.05) is 30.9 Å². The molecule has 0 radical (unpaired) electrons. The number of ether oxygens (including phenoxy) is 1. The topological polar surface area (TPSA) is 41.5 Å². The number of rotatable bonds is 6. The molecule has 3 nitrogen and oxygen atoms in total. The maximum absolute atomic E-state index is 9.69. The van der Waals surface area contributed by atoms with E-state index in [1.807, 2.05) is 44.2 Å². The molecule has 0 bridgehead atoms. The van der Waals surface area contributed by atoms with Crippen molar-refractivity contribution in [1.82, 2.24) is 0 Å². The summed E-state index contributed by atoms with van der Waals surface area (Å²) >= 11 is 0. The number of hydrogen-bond acceptors (Lipinski definition) is 3. The molecule has 2 aromatic carbocycles. The Balaban J connectivity index is 2.13. The fraction of sp³-hybridized carbons (Fsp3) is 0.222. The predicted molar refractivity (Wildman–Crippen MR) is 87.0 cm³/mol. The van der Waals surface area contributed by atoms with Crippen LogP contribution in [-0.4, -0.2) is 11.7 Å². The van der Waals surface area contributed by atoms with Crippen LogP contribution in [0.2, 0.25) is 0 Å². The summed E-state index contributed by atoms with van der Waals surface area (Å²) < 4.78 is 5.65. The Morgan fingerprint density at radius 3 is 2.71 bits per heavy atom. The van der Waals surface area contributed by atoms with Gasteiger partial charge in [0.25, 0.3) is 0 Å². The van der Waals surface area contributed by atoms with Crippen molar-refractivity contribution in [3.8, 4) is 11.5 Å². The standard InChI is InChI=1S/C18H21NO2/c1-4-9-21-18-8-6-5-7-15(18)12-19-16-10-14(3)17(20)11-13(16)2/h4-8,10-11,19-20H,1,9,12H2,2-3H3. The molecular formula is C18H21NO2. The summed E-state index contributed by atoms with van der Waals surface area (Å²) in [5.41, 5.74) is 3.98. The lowest BCUT2D eigenvalue weighted by Crippen LogP contribution is -2.04. The summed E-state index contributed by atoms with van der Waals surface area (Å²) in [5, 5.41) is 13.1. The monoisotopic (exact) mass is 283 g/mol. The van der Waals surface area contributed by atoms with E-state index in [0.717, 1.165) is 28.1 Å². The third-order valence-corrected chi connectivity index (χ3v) is 3.34. The number of aromatic hydroxyl groups is 1. The van der Waals surface area contributed by atoms with Crippen molar-refractivity contribution in [2.45, 2.75) is 20.4 Å². The van der Waals surface area contributed by atoms with Crippen molar-refractivity contribution in [1.29, 1.82) is 0 Å². The highest BCUT2D eigenvalue weighted by Crippen LogP contribution is 2.26. The molecule has 21 heavy (non-hydrogen) atoms. The third kappa shape index (κ3) is 3.78. The van der Waals surface area contributed by atoms with Crippen molar-refractivity contribution in [3.05, 3.63) is 65.7 Å². The van der Waals surface area contributed by atoms with E-state index in [0.29, 0.717) is 18.9 Å². The van der Waals surface area contributed by atoms with Gasteiger partial charge in [0, 0.05) is 17.8 Å². The van der Waals surface area contributed by atoms with Crippen LogP contribution in [0.15, 0.2) is 49.1 Å². The number of para-hydroxylation sites is 1. The second-order valence-electron chi connectivity index (χ2n) is 5.01. The quantitative estimate of drug-likeness (QED) is 0.617. The fourth-order valence-corrected chi connectivity index (χ4v) is 2.12. The van der Waals surface area contributed by atoms with Crippen molar-refractivity contribution in [3.63, 3.8) is 0 Å². The number of benzene rings is 2. The third-order valence-electron chi connectivity index (χ3n) is 3.34. The Bertz CT molecular complexity index is 635. The molecule has 0 heterocycles. The predicted octanol–water partition coefficient (Wildman–Crippen LogP) is 4.19. The van der Waals surface area contributed by atoms with Crippen LogP contribution in [-0.2, 0) is 6.54 Å². The van der Waals surface area contributed by atoms with Crippen LogP contribution in [0.3, 0.4) is 0 Å². The molecule has 0 aliphatic rings. The molecule has 0 saturated heterocycles. The van der Waals surface area contributed by atoms with Gasteiger partial charge in [-0.25, -0.2) is 0 Å². The Morgan fingerprint density at radius 2 is 1.95 bits per heavy atom. The SMILES string of the molecule is C=CCOc1ccccc1CNc1cc(C)c(O)cc1C. The summed E-state index contributed by atoms with van der Waals surface area (Å²) in [7, 11) is 0. The van der Waals surface area contributed by atoms with Gasteiger partial charge in [-0.2, -0.15) is 0 Å². The van der Waals surface area contributed by atoms with Gasteiger partial charge in [-0.05, 0) is 43.2 Å². The lowest BCUT2D eigenvalue weighted by Gasteiger charge is -2.14. The number of anilines is 1. The lowest BCUT2D eigenvalue weighted by atomic mass is 10.1. The fourth-order valence-electron chi connectivity index (χ4n) is 2.12. The first-order valence-corrected chi connectivity index (χ1v) is 6.97. The number of nitrogens with one attached hydrogen (secondary N) is 1. The number of phenolic OH excluding ortho intramolecular Hbond substituents is 1. The van der Waals surface area contributed by atoms with E-state index in [-0.39, 0.29) is 0 Å². The van der Waals surface area contributed by atoms with Gasteiger partial charge in [0.05, 0.1) is 0 Å². The zero-order valence-electron chi connectivity index (χ0n) is 12.5. The van der Waals surface area contributed by atoms with Crippen LogP contribution in [0.1, 0.15) is 16.7 Å². The average molecular weight is 283 g/mol. The van der Waals surface area contributed by atoms with Gasteiger partial charge in [0.2, 0.25) is 0 Å². The Morgan fingerprint density at radius 1 is 1.19 bits per heavy atom. The Hall–Kier alpha value is -2.42. The van der Waals surface area contributed by atoms with Gasteiger partial charge >= 0.3 is 0 Å². The molecule has 0 aliphatic carbocycles. The Kier molecular flexibility index (Phi) is 4.88. The van der Waals surface area contributed by atoms with Crippen molar-refractivity contribution in [2.24, 2.45) is 0 Å². The molecule has 0 spiro atoms. The van der Waals surface area contributed by atoms with Crippen LogP contribution in [0.4, 0.5) is 5.69 Å². The largest absolute Gasteiger partial charge is 0.508 e. The van der Waals surface area contributed by atoms with Crippen molar-refractivity contribution in [2.75, 3.05) is 11.9 Å². The minimum Gasteiger partial charge on any atom is -0.508 e. The molecule has 2 N–H and O–H groups in total. The second kappa shape index (κ2) is 6.84. The second-order valence-corrected chi connectivity index (χ2v) is 5.01. The average Bonchev–Trinajstić information content (AvgIpc) is 2.48. The molecular weight excluding hydrogens is 262 g/mol. The highest BCUT2D eigenvalue weighted by atomic mass is 16.5. The Labute approximate surface area is 125 Å². The van der Waals surface area contributed by atoms with Crippen LogP contribution < -0.4 is 10.1 Å². The van der Waals surface area contributed by atoms with Gasteiger partial charge in [-0.3, -0.25) is 0 Å². The van der Waals surface area contributed by atoms with Crippen LogP contribution in [0.25, 0.3) is 0 Å². The van der Waals surface area contributed by atoms with Gasteiger partial charge < -0.3 is 15.2 Å². The summed E-state index contributed by atoms with van der Waals surface area (Å²) in [6, 6.07) is 11.7. The molecule has 2 rings (SSSR count). The zero-order valence-corrected chi connectivity index (χ0v) is 12.5. The number of aryl methyl sites for hydroxylation is 2. The van der Waals surface area contributed by atoms with E-state index in [1.54, 1.807) is 12.1 Å².